The molecule has 2 nitrogen and oxygen atoms in total. The fourth-order valence-electron chi connectivity index (χ4n) is 2.02. The van der Waals surface area contributed by atoms with Gasteiger partial charge in [0.05, 0.1) is 21.6 Å². The van der Waals surface area contributed by atoms with Crippen molar-refractivity contribution in [2.24, 2.45) is 0 Å². The largest absolute Gasteiger partial charge is 0.338 e. The van der Waals surface area contributed by atoms with Crippen LogP contribution in [0.1, 0.15) is 5.56 Å². The first kappa shape index (κ1) is 11.2. The van der Waals surface area contributed by atoms with Crippen LogP contribution in [0.4, 0.5) is 4.39 Å². The van der Waals surface area contributed by atoms with Gasteiger partial charge in [-0.1, -0.05) is 29.8 Å². The molecule has 4 heteroatoms. The molecule has 0 aliphatic heterocycles. The zero-order valence-electron chi connectivity index (χ0n) is 9.67. The van der Waals surface area contributed by atoms with Gasteiger partial charge in [0.25, 0.3) is 0 Å². The van der Waals surface area contributed by atoms with Gasteiger partial charge >= 0.3 is 0 Å². The predicted octanol–water partition coefficient (Wildman–Crippen LogP) is 4.33. The van der Waals surface area contributed by atoms with Gasteiger partial charge in [0, 0.05) is 0 Å². The Morgan fingerprint density at radius 1 is 1.17 bits per heavy atom. The number of hydrogen-bond donors (Lipinski definition) is 1. The number of para-hydroxylation sites is 1. The Hall–Kier alpha value is -1.87. The number of benzene rings is 2. The molecule has 1 N–H and O–H groups in total. The normalized spacial score (nSPS) is 11.1. The second-order valence-corrected chi connectivity index (χ2v) is 4.56. The minimum Gasteiger partial charge on any atom is -0.338 e. The van der Waals surface area contributed by atoms with E-state index in [1.54, 1.807) is 12.1 Å². The molecule has 0 saturated carbocycles. The van der Waals surface area contributed by atoms with Gasteiger partial charge in [0.15, 0.2) is 0 Å². The van der Waals surface area contributed by atoms with E-state index < -0.39 is 0 Å². The van der Waals surface area contributed by atoms with Gasteiger partial charge in [-0.15, -0.1) is 0 Å². The molecule has 0 fully saturated rings. The number of nitrogens with one attached hydrogen (secondary N) is 1. The number of imidazole rings is 1. The Morgan fingerprint density at radius 3 is 2.67 bits per heavy atom. The highest BCUT2D eigenvalue weighted by Gasteiger charge is 2.14. The van der Waals surface area contributed by atoms with Crippen molar-refractivity contribution in [2.45, 2.75) is 6.92 Å². The number of H-pyrrole nitrogens is 1. The lowest BCUT2D eigenvalue weighted by Gasteiger charge is -2.01. The van der Waals surface area contributed by atoms with Crippen LogP contribution in [0.3, 0.4) is 0 Å². The minimum atomic E-state index is -0.376. The van der Waals surface area contributed by atoms with Gasteiger partial charge in [0.1, 0.15) is 11.6 Å². The maximum atomic E-state index is 13.8. The first-order chi connectivity index (χ1) is 8.66. The van der Waals surface area contributed by atoms with E-state index in [-0.39, 0.29) is 5.82 Å². The smallest absolute Gasteiger partial charge is 0.142 e. The monoisotopic (exact) mass is 260 g/mol. The lowest BCUT2D eigenvalue weighted by Crippen LogP contribution is -1.87. The number of aryl methyl sites for hydroxylation is 1. The van der Waals surface area contributed by atoms with Crippen LogP contribution in [-0.2, 0) is 0 Å². The first-order valence-electron chi connectivity index (χ1n) is 5.56. The Morgan fingerprint density at radius 2 is 1.94 bits per heavy atom. The molecule has 1 aromatic heterocycles. The Labute approximate surface area is 108 Å². The van der Waals surface area contributed by atoms with Crippen LogP contribution in [0.2, 0.25) is 5.02 Å². The third kappa shape index (κ3) is 1.68. The summed E-state index contributed by atoms with van der Waals surface area (Å²) in [4.78, 5) is 7.52. The zero-order chi connectivity index (χ0) is 12.7. The summed E-state index contributed by atoms with van der Waals surface area (Å²) in [7, 11) is 0. The summed E-state index contributed by atoms with van der Waals surface area (Å²) in [5, 5.41) is 0.353. The second kappa shape index (κ2) is 4.10. The number of halogens is 2. The highest BCUT2D eigenvalue weighted by molar-refractivity contribution is 6.33. The predicted molar refractivity (Wildman–Crippen MR) is 71.2 cm³/mol. The summed E-state index contributed by atoms with van der Waals surface area (Å²) in [6.45, 7) is 1.97. The van der Waals surface area contributed by atoms with Crippen LogP contribution in [0.25, 0.3) is 22.4 Å². The molecule has 90 valence electrons. The number of aromatic nitrogens is 2. The van der Waals surface area contributed by atoms with Crippen LogP contribution < -0.4 is 0 Å². The number of aromatic amines is 1. The fraction of sp³-hybridized carbons (Fsp3) is 0.0714. The molecule has 0 radical (unpaired) electrons. The molecule has 2 aromatic carbocycles. The molecule has 0 unspecified atom stereocenters. The van der Waals surface area contributed by atoms with E-state index in [9.17, 15) is 4.39 Å². The molecule has 0 aliphatic carbocycles. The maximum Gasteiger partial charge on any atom is 0.142 e. The second-order valence-electron chi connectivity index (χ2n) is 4.15. The summed E-state index contributed by atoms with van der Waals surface area (Å²) < 4.78 is 13.8. The number of hydrogen-bond acceptors (Lipinski definition) is 1. The van der Waals surface area contributed by atoms with E-state index in [1.807, 2.05) is 25.1 Å². The van der Waals surface area contributed by atoms with Crippen molar-refractivity contribution in [3.8, 4) is 11.4 Å². The van der Waals surface area contributed by atoms with Crippen molar-refractivity contribution in [2.75, 3.05) is 0 Å². The van der Waals surface area contributed by atoms with Crippen molar-refractivity contribution in [3.05, 3.63) is 52.8 Å². The highest BCUT2D eigenvalue weighted by Crippen LogP contribution is 2.30. The maximum absolute atomic E-state index is 13.8. The average molecular weight is 261 g/mol. The summed E-state index contributed by atoms with van der Waals surface area (Å²) in [6, 6.07) is 10.4. The molecule has 0 amide bonds. The van der Waals surface area contributed by atoms with E-state index in [0.29, 0.717) is 16.4 Å². The highest BCUT2D eigenvalue weighted by atomic mass is 35.5. The molecule has 18 heavy (non-hydrogen) atoms. The van der Waals surface area contributed by atoms with Crippen molar-refractivity contribution >= 4 is 22.6 Å². The molecule has 0 bridgehead atoms. The molecular formula is C14H10ClFN2. The van der Waals surface area contributed by atoms with E-state index in [0.717, 1.165) is 16.6 Å². The van der Waals surface area contributed by atoms with Crippen LogP contribution in [0.15, 0.2) is 36.4 Å². The van der Waals surface area contributed by atoms with E-state index >= 15 is 0 Å². The Balaban J connectivity index is 2.30. The van der Waals surface area contributed by atoms with E-state index in [2.05, 4.69) is 9.97 Å². The van der Waals surface area contributed by atoms with Crippen LogP contribution >= 0.6 is 11.6 Å². The van der Waals surface area contributed by atoms with Crippen molar-refractivity contribution in [1.82, 2.24) is 9.97 Å². The first-order valence-corrected chi connectivity index (χ1v) is 5.94. The molecule has 0 atom stereocenters. The van der Waals surface area contributed by atoms with Gasteiger partial charge in [-0.2, -0.15) is 0 Å². The number of fused-ring (bicyclic) bond motifs is 1. The van der Waals surface area contributed by atoms with Gasteiger partial charge in [-0.05, 0) is 30.7 Å². The summed E-state index contributed by atoms with van der Waals surface area (Å²) in [6.07, 6.45) is 0. The summed E-state index contributed by atoms with van der Waals surface area (Å²) in [5.41, 5.74) is 3.08. The molecule has 3 rings (SSSR count). The van der Waals surface area contributed by atoms with Gasteiger partial charge in [-0.3, -0.25) is 0 Å². The van der Waals surface area contributed by atoms with E-state index in [4.69, 9.17) is 11.6 Å². The quantitative estimate of drug-likeness (QED) is 0.693. The molecule has 0 aliphatic rings. The standard InChI is InChI=1S/C14H10ClFN2/c1-8-4-2-7-11-13(8)18-14(17-11)12-9(15)5-3-6-10(12)16/h2-7H,1H3,(H,17,18). The molecule has 0 saturated heterocycles. The SMILES string of the molecule is Cc1cccc2[nH]c(-c3c(F)cccc3Cl)nc12. The fourth-order valence-corrected chi connectivity index (χ4v) is 2.27. The number of nitrogens with zero attached hydrogens (tertiary/aromatic N) is 1. The molecule has 3 aromatic rings. The van der Waals surface area contributed by atoms with Crippen molar-refractivity contribution < 1.29 is 4.39 Å². The minimum absolute atomic E-state index is 0.315. The average Bonchev–Trinajstić information content (AvgIpc) is 2.74. The summed E-state index contributed by atoms with van der Waals surface area (Å²) in [5.74, 6) is 0.0848. The van der Waals surface area contributed by atoms with E-state index in [1.165, 1.54) is 6.07 Å². The van der Waals surface area contributed by atoms with Crippen molar-refractivity contribution in [3.63, 3.8) is 0 Å². The lowest BCUT2D eigenvalue weighted by molar-refractivity contribution is 0.630. The van der Waals surface area contributed by atoms with Crippen LogP contribution in [0.5, 0.6) is 0 Å². The van der Waals surface area contributed by atoms with Crippen LogP contribution in [-0.4, -0.2) is 9.97 Å². The topological polar surface area (TPSA) is 28.7 Å². The van der Waals surface area contributed by atoms with Gasteiger partial charge < -0.3 is 4.98 Å². The van der Waals surface area contributed by atoms with Gasteiger partial charge in [0.2, 0.25) is 0 Å². The zero-order valence-corrected chi connectivity index (χ0v) is 10.4. The number of rotatable bonds is 1. The third-order valence-corrected chi connectivity index (χ3v) is 3.23. The van der Waals surface area contributed by atoms with Crippen LogP contribution in [0, 0.1) is 12.7 Å². The van der Waals surface area contributed by atoms with Gasteiger partial charge in [-0.25, -0.2) is 9.37 Å². The molecule has 1 heterocycles. The molecule has 0 spiro atoms. The Kier molecular flexibility index (Phi) is 2.56. The molecular weight excluding hydrogens is 251 g/mol. The van der Waals surface area contributed by atoms with Crippen molar-refractivity contribution in [1.29, 1.82) is 0 Å². The third-order valence-electron chi connectivity index (χ3n) is 2.91. The lowest BCUT2D eigenvalue weighted by atomic mass is 10.2. The Bertz CT molecular complexity index is 713. The summed E-state index contributed by atoms with van der Waals surface area (Å²) >= 11 is 6.03.